The number of hydrogen-bond acceptors (Lipinski definition) is 3. The first kappa shape index (κ1) is 8.69. The summed E-state index contributed by atoms with van der Waals surface area (Å²) in [5.74, 6) is -0.174. The van der Waals surface area contributed by atoms with E-state index < -0.39 is 5.54 Å². The van der Waals surface area contributed by atoms with Gasteiger partial charge in [0.15, 0.2) is 0 Å². The zero-order valence-corrected chi connectivity index (χ0v) is 7.69. The Morgan fingerprint density at radius 3 is 3.00 bits per heavy atom. The van der Waals surface area contributed by atoms with Crippen molar-refractivity contribution in [2.75, 3.05) is 6.73 Å². The lowest BCUT2D eigenvalue weighted by atomic mass is 9.99. The number of ether oxygens (including phenoxy) is 1. The topological polar surface area (TPSA) is 29.5 Å². The van der Waals surface area contributed by atoms with Crippen LogP contribution in [0.2, 0.25) is 0 Å². The third kappa shape index (κ3) is 1.31. The van der Waals surface area contributed by atoms with Gasteiger partial charge in [-0.2, -0.15) is 0 Å². The van der Waals surface area contributed by atoms with E-state index >= 15 is 0 Å². The lowest BCUT2D eigenvalue weighted by Gasteiger charge is -2.24. The molecule has 0 N–H and O–H groups in total. The van der Waals surface area contributed by atoms with Crippen molar-refractivity contribution in [3.8, 4) is 0 Å². The standard InChI is InChI=1S/C7H12NO2P/c1-3-4-7(2)6(9)10-5-8(7)11/h3H,1,4-5,11H2,2H3. The number of esters is 1. The van der Waals surface area contributed by atoms with Crippen LogP contribution in [0.3, 0.4) is 0 Å². The molecule has 0 radical (unpaired) electrons. The van der Waals surface area contributed by atoms with Crippen molar-refractivity contribution in [2.45, 2.75) is 18.9 Å². The van der Waals surface area contributed by atoms with Crippen LogP contribution in [-0.4, -0.2) is 22.9 Å². The quantitative estimate of drug-likeness (QED) is 0.353. The fraction of sp³-hybridized carbons (Fsp3) is 0.571. The van der Waals surface area contributed by atoms with Gasteiger partial charge in [0, 0.05) is 0 Å². The maximum atomic E-state index is 11.2. The van der Waals surface area contributed by atoms with Gasteiger partial charge in [0.25, 0.3) is 0 Å². The molecule has 1 heterocycles. The Labute approximate surface area is 68.7 Å². The SMILES string of the molecule is C=CCC1(C)C(=O)OCN1P. The third-order valence-corrected chi connectivity index (χ3v) is 2.67. The van der Waals surface area contributed by atoms with E-state index in [1.165, 1.54) is 0 Å². The summed E-state index contributed by atoms with van der Waals surface area (Å²) in [6.45, 7) is 5.79. The molecule has 4 heteroatoms. The van der Waals surface area contributed by atoms with Gasteiger partial charge in [0.1, 0.15) is 12.3 Å². The fourth-order valence-electron chi connectivity index (χ4n) is 1.03. The lowest BCUT2D eigenvalue weighted by molar-refractivity contribution is -0.142. The summed E-state index contributed by atoms with van der Waals surface area (Å²) in [7, 11) is 2.48. The zero-order chi connectivity index (χ0) is 8.48. The van der Waals surface area contributed by atoms with Crippen LogP contribution >= 0.6 is 9.39 Å². The van der Waals surface area contributed by atoms with E-state index in [4.69, 9.17) is 4.74 Å². The van der Waals surface area contributed by atoms with Crippen LogP contribution in [0, 0.1) is 0 Å². The summed E-state index contributed by atoms with van der Waals surface area (Å²) in [6.07, 6.45) is 2.35. The highest BCUT2D eigenvalue weighted by Gasteiger charge is 2.43. The molecule has 0 aromatic carbocycles. The molecular formula is C7H12NO2P. The van der Waals surface area contributed by atoms with Crippen molar-refractivity contribution < 1.29 is 9.53 Å². The summed E-state index contributed by atoms with van der Waals surface area (Å²) in [4.78, 5) is 11.2. The molecule has 0 amide bonds. The molecule has 62 valence electrons. The van der Waals surface area contributed by atoms with Gasteiger partial charge in [-0.15, -0.1) is 6.58 Å². The van der Waals surface area contributed by atoms with Crippen LogP contribution < -0.4 is 0 Å². The smallest absolute Gasteiger partial charge is 0.328 e. The maximum Gasteiger partial charge on any atom is 0.328 e. The summed E-state index contributed by atoms with van der Waals surface area (Å²) in [5, 5.41) is 0. The van der Waals surface area contributed by atoms with Crippen molar-refractivity contribution in [2.24, 2.45) is 0 Å². The van der Waals surface area contributed by atoms with Gasteiger partial charge in [0.05, 0.1) is 0 Å². The van der Waals surface area contributed by atoms with Gasteiger partial charge in [0.2, 0.25) is 0 Å². The van der Waals surface area contributed by atoms with Crippen molar-refractivity contribution in [3.63, 3.8) is 0 Å². The number of carbonyl (C=O) groups excluding carboxylic acids is 1. The molecule has 1 rings (SSSR count). The molecule has 2 unspecified atom stereocenters. The van der Waals surface area contributed by atoms with E-state index in [1.807, 2.05) is 6.92 Å². The Bertz CT molecular complexity index is 195. The fourth-order valence-corrected chi connectivity index (χ4v) is 1.31. The highest BCUT2D eigenvalue weighted by atomic mass is 31.0. The average Bonchev–Trinajstić information content (AvgIpc) is 2.19. The van der Waals surface area contributed by atoms with E-state index in [9.17, 15) is 4.79 Å². The minimum absolute atomic E-state index is 0.174. The number of nitrogens with zero attached hydrogens (tertiary/aromatic N) is 1. The van der Waals surface area contributed by atoms with Gasteiger partial charge >= 0.3 is 5.97 Å². The minimum atomic E-state index is -0.521. The van der Waals surface area contributed by atoms with Gasteiger partial charge in [-0.3, -0.25) is 0 Å². The molecule has 11 heavy (non-hydrogen) atoms. The summed E-state index contributed by atoms with van der Waals surface area (Å²) < 4.78 is 6.65. The second-order valence-electron chi connectivity index (χ2n) is 2.80. The van der Waals surface area contributed by atoms with E-state index in [-0.39, 0.29) is 5.97 Å². The van der Waals surface area contributed by atoms with Crippen LogP contribution in [0.25, 0.3) is 0 Å². The molecule has 0 spiro atoms. The van der Waals surface area contributed by atoms with Crippen LogP contribution in [0.4, 0.5) is 0 Å². The molecule has 3 nitrogen and oxygen atoms in total. The molecule has 0 bridgehead atoms. The molecule has 0 saturated carbocycles. The highest BCUT2D eigenvalue weighted by Crippen LogP contribution is 2.30. The zero-order valence-electron chi connectivity index (χ0n) is 6.54. The molecule has 0 aromatic heterocycles. The Morgan fingerprint density at radius 2 is 2.64 bits per heavy atom. The second kappa shape index (κ2) is 2.92. The first-order valence-electron chi connectivity index (χ1n) is 3.42. The molecule has 1 aliphatic heterocycles. The monoisotopic (exact) mass is 173 g/mol. The number of cyclic esters (lactones) is 1. The minimum Gasteiger partial charge on any atom is -0.448 e. The van der Waals surface area contributed by atoms with Gasteiger partial charge in [-0.1, -0.05) is 15.5 Å². The molecule has 1 fully saturated rings. The highest BCUT2D eigenvalue weighted by molar-refractivity contribution is 7.13. The van der Waals surface area contributed by atoms with E-state index in [2.05, 4.69) is 16.0 Å². The molecule has 1 aliphatic rings. The van der Waals surface area contributed by atoms with Gasteiger partial charge in [-0.25, -0.2) is 9.46 Å². The predicted octanol–water partition coefficient (Wildman–Crippen LogP) is 0.928. The summed E-state index contributed by atoms with van der Waals surface area (Å²) >= 11 is 0. The largest absolute Gasteiger partial charge is 0.448 e. The van der Waals surface area contributed by atoms with Crippen molar-refractivity contribution >= 4 is 15.4 Å². The second-order valence-corrected chi connectivity index (χ2v) is 3.42. The van der Waals surface area contributed by atoms with Crippen molar-refractivity contribution in [3.05, 3.63) is 12.7 Å². The Kier molecular flexibility index (Phi) is 2.31. The van der Waals surface area contributed by atoms with Crippen LogP contribution in [-0.2, 0) is 9.53 Å². The predicted molar refractivity (Wildman–Crippen MR) is 45.7 cm³/mol. The Hall–Kier alpha value is -0.400. The van der Waals surface area contributed by atoms with E-state index in [1.54, 1.807) is 10.7 Å². The number of rotatable bonds is 2. The molecule has 0 aliphatic carbocycles. The van der Waals surface area contributed by atoms with Crippen LogP contribution in [0.15, 0.2) is 12.7 Å². The first-order valence-corrected chi connectivity index (χ1v) is 3.93. The average molecular weight is 173 g/mol. The van der Waals surface area contributed by atoms with Crippen LogP contribution in [0.5, 0.6) is 0 Å². The number of hydrogen-bond donors (Lipinski definition) is 0. The molecule has 2 atom stereocenters. The van der Waals surface area contributed by atoms with Crippen molar-refractivity contribution in [1.82, 2.24) is 4.67 Å². The van der Waals surface area contributed by atoms with Gasteiger partial charge < -0.3 is 4.74 Å². The molecule has 1 saturated heterocycles. The maximum absolute atomic E-state index is 11.2. The Morgan fingerprint density at radius 1 is 2.00 bits per heavy atom. The van der Waals surface area contributed by atoms with E-state index in [0.29, 0.717) is 13.2 Å². The third-order valence-electron chi connectivity index (χ3n) is 1.95. The number of carbonyl (C=O) groups is 1. The van der Waals surface area contributed by atoms with Crippen molar-refractivity contribution in [1.29, 1.82) is 0 Å². The van der Waals surface area contributed by atoms with Gasteiger partial charge in [-0.05, 0) is 13.3 Å². The first-order chi connectivity index (χ1) is 5.11. The summed E-state index contributed by atoms with van der Waals surface area (Å²) in [6, 6.07) is 0. The molecular weight excluding hydrogens is 161 g/mol. The lowest BCUT2D eigenvalue weighted by Crippen LogP contribution is -2.39. The van der Waals surface area contributed by atoms with Crippen LogP contribution in [0.1, 0.15) is 13.3 Å². The normalized spacial score (nSPS) is 32.0. The summed E-state index contributed by atoms with van der Waals surface area (Å²) in [5.41, 5.74) is -0.521. The Balaban J connectivity index is 2.79. The van der Waals surface area contributed by atoms with E-state index in [0.717, 1.165) is 0 Å². The molecule has 0 aromatic rings.